The normalized spacial score (nSPS) is 21.9. The zero-order valence-electron chi connectivity index (χ0n) is 12.8. The van der Waals surface area contributed by atoms with Crippen LogP contribution < -0.4 is 5.73 Å². The lowest BCUT2D eigenvalue weighted by Gasteiger charge is -2.30. The molecule has 0 bridgehead atoms. The van der Waals surface area contributed by atoms with Crippen molar-refractivity contribution in [3.63, 3.8) is 0 Å². The van der Waals surface area contributed by atoms with Crippen molar-refractivity contribution in [1.29, 1.82) is 0 Å². The number of hydrogen-bond donors (Lipinski definition) is 2. The van der Waals surface area contributed by atoms with Gasteiger partial charge in [-0.1, -0.05) is 12.1 Å². The number of aromatic hydroxyl groups is 1. The second kappa shape index (κ2) is 6.91. The number of carbonyl (C=O) groups is 1. The monoisotopic (exact) mass is 291 g/mol. The van der Waals surface area contributed by atoms with E-state index in [9.17, 15) is 9.90 Å². The lowest BCUT2D eigenvalue weighted by molar-refractivity contribution is -0.134. The molecule has 1 aliphatic heterocycles. The molecule has 2 rings (SSSR count). The number of likely N-dealkylation sites (N-methyl/N-ethyl adjacent to an activating group) is 1. The van der Waals surface area contributed by atoms with Gasteiger partial charge in [0.15, 0.2) is 0 Å². The molecule has 1 aromatic rings. The quantitative estimate of drug-likeness (QED) is 0.865. The van der Waals surface area contributed by atoms with Crippen molar-refractivity contribution in [3.8, 4) is 5.75 Å². The number of carbonyl (C=O) groups excluding carboxylic acids is 1. The SMILES string of the molecule is CC1CN(C)CCCN1C(=O)[C@H](N)Cc1ccc(O)cc1. The van der Waals surface area contributed by atoms with Crippen molar-refractivity contribution < 1.29 is 9.90 Å². The summed E-state index contributed by atoms with van der Waals surface area (Å²) in [6.07, 6.45) is 1.48. The summed E-state index contributed by atoms with van der Waals surface area (Å²) in [5.74, 6) is 0.244. The minimum Gasteiger partial charge on any atom is -0.508 e. The zero-order valence-corrected chi connectivity index (χ0v) is 12.8. The second-order valence-electron chi connectivity index (χ2n) is 5.97. The molecule has 1 amide bonds. The van der Waals surface area contributed by atoms with Gasteiger partial charge < -0.3 is 20.6 Å². The molecule has 0 saturated carbocycles. The van der Waals surface area contributed by atoms with Crippen molar-refractivity contribution in [2.45, 2.75) is 31.8 Å². The first-order valence-electron chi connectivity index (χ1n) is 7.50. The van der Waals surface area contributed by atoms with E-state index >= 15 is 0 Å². The van der Waals surface area contributed by atoms with E-state index in [1.807, 2.05) is 17.0 Å². The van der Waals surface area contributed by atoms with Gasteiger partial charge in [-0.05, 0) is 51.1 Å². The minimum atomic E-state index is -0.527. The molecule has 2 atom stereocenters. The smallest absolute Gasteiger partial charge is 0.240 e. The summed E-state index contributed by atoms with van der Waals surface area (Å²) in [6, 6.07) is 6.52. The first-order valence-corrected chi connectivity index (χ1v) is 7.50. The number of benzene rings is 1. The molecule has 3 N–H and O–H groups in total. The Bertz CT molecular complexity index is 475. The highest BCUT2D eigenvalue weighted by Crippen LogP contribution is 2.14. The van der Waals surface area contributed by atoms with Crippen LogP contribution in [-0.4, -0.2) is 59.6 Å². The molecular weight excluding hydrogens is 266 g/mol. The average Bonchev–Trinajstić information content (AvgIpc) is 2.61. The summed E-state index contributed by atoms with van der Waals surface area (Å²) in [7, 11) is 2.08. The summed E-state index contributed by atoms with van der Waals surface area (Å²) in [5, 5.41) is 9.28. The number of hydrogen-bond acceptors (Lipinski definition) is 4. The third-order valence-electron chi connectivity index (χ3n) is 4.04. The fourth-order valence-electron chi connectivity index (χ4n) is 2.89. The summed E-state index contributed by atoms with van der Waals surface area (Å²) in [6.45, 7) is 4.75. The maximum Gasteiger partial charge on any atom is 0.240 e. The van der Waals surface area contributed by atoms with Crippen molar-refractivity contribution in [3.05, 3.63) is 29.8 Å². The highest BCUT2D eigenvalue weighted by Gasteiger charge is 2.27. The Kier molecular flexibility index (Phi) is 5.20. The first kappa shape index (κ1) is 15.8. The van der Waals surface area contributed by atoms with E-state index in [1.165, 1.54) is 0 Å². The Labute approximate surface area is 126 Å². The molecule has 21 heavy (non-hydrogen) atoms. The summed E-state index contributed by atoms with van der Waals surface area (Å²) in [4.78, 5) is 16.7. The molecule has 0 spiro atoms. The molecule has 1 unspecified atom stereocenters. The average molecular weight is 291 g/mol. The van der Waals surface area contributed by atoms with E-state index in [4.69, 9.17) is 5.73 Å². The van der Waals surface area contributed by atoms with Crippen molar-refractivity contribution in [1.82, 2.24) is 9.80 Å². The van der Waals surface area contributed by atoms with Crippen molar-refractivity contribution in [2.75, 3.05) is 26.7 Å². The number of rotatable bonds is 3. The molecule has 1 fully saturated rings. The molecule has 1 saturated heterocycles. The Morgan fingerprint density at radius 3 is 2.71 bits per heavy atom. The summed E-state index contributed by atoms with van der Waals surface area (Å²) < 4.78 is 0. The van der Waals surface area contributed by atoms with Gasteiger partial charge in [0.25, 0.3) is 0 Å². The van der Waals surface area contributed by atoms with Gasteiger partial charge in [-0.25, -0.2) is 0 Å². The fraction of sp³-hybridized carbons (Fsp3) is 0.562. The maximum atomic E-state index is 12.6. The van der Waals surface area contributed by atoms with Gasteiger partial charge in [-0.15, -0.1) is 0 Å². The Hall–Kier alpha value is -1.59. The van der Waals surface area contributed by atoms with Gasteiger partial charge in [0.05, 0.1) is 6.04 Å². The molecule has 5 nitrogen and oxygen atoms in total. The van der Waals surface area contributed by atoms with Crippen LogP contribution in [0.4, 0.5) is 0 Å². The van der Waals surface area contributed by atoms with Crippen LogP contribution in [0.3, 0.4) is 0 Å². The van der Waals surface area contributed by atoms with E-state index in [1.54, 1.807) is 12.1 Å². The zero-order chi connectivity index (χ0) is 15.4. The van der Waals surface area contributed by atoms with Crippen LogP contribution in [0.5, 0.6) is 5.75 Å². The maximum absolute atomic E-state index is 12.6. The van der Waals surface area contributed by atoms with Gasteiger partial charge in [-0.2, -0.15) is 0 Å². The van der Waals surface area contributed by atoms with Gasteiger partial charge in [0.1, 0.15) is 5.75 Å². The summed E-state index contributed by atoms with van der Waals surface area (Å²) >= 11 is 0. The Morgan fingerprint density at radius 2 is 2.05 bits per heavy atom. The van der Waals surface area contributed by atoms with Gasteiger partial charge >= 0.3 is 0 Å². The fourth-order valence-corrected chi connectivity index (χ4v) is 2.89. The van der Waals surface area contributed by atoms with Gasteiger partial charge in [-0.3, -0.25) is 4.79 Å². The predicted octanol–water partition coefficient (Wildman–Crippen LogP) is 0.815. The molecule has 0 aliphatic carbocycles. The topological polar surface area (TPSA) is 69.8 Å². The van der Waals surface area contributed by atoms with E-state index in [0.717, 1.165) is 31.6 Å². The third kappa shape index (κ3) is 4.19. The Balaban J connectivity index is 1.99. The number of amides is 1. The van der Waals surface area contributed by atoms with E-state index in [0.29, 0.717) is 6.42 Å². The molecular formula is C16H25N3O2. The number of nitrogens with two attached hydrogens (primary N) is 1. The van der Waals surface area contributed by atoms with Crippen LogP contribution in [0.2, 0.25) is 0 Å². The van der Waals surface area contributed by atoms with Crippen LogP contribution in [0.25, 0.3) is 0 Å². The first-order chi connectivity index (χ1) is 9.97. The van der Waals surface area contributed by atoms with Crippen LogP contribution in [-0.2, 0) is 11.2 Å². The standard InChI is InChI=1S/C16H25N3O2/c1-12-11-18(2)8-3-9-19(12)16(21)15(17)10-13-4-6-14(20)7-5-13/h4-7,12,15,20H,3,8-11,17H2,1-2H3/t12?,15-/m1/s1. The molecule has 0 radical (unpaired) electrons. The number of phenolic OH excluding ortho intramolecular Hbond substituents is 1. The van der Waals surface area contributed by atoms with Crippen LogP contribution in [0.1, 0.15) is 18.9 Å². The lowest BCUT2D eigenvalue weighted by Crippen LogP contribution is -2.50. The predicted molar refractivity (Wildman–Crippen MR) is 83.1 cm³/mol. The van der Waals surface area contributed by atoms with E-state index in [2.05, 4.69) is 18.9 Å². The largest absolute Gasteiger partial charge is 0.508 e. The Morgan fingerprint density at radius 1 is 1.38 bits per heavy atom. The molecule has 0 aromatic heterocycles. The van der Waals surface area contributed by atoms with E-state index in [-0.39, 0.29) is 17.7 Å². The van der Waals surface area contributed by atoms with Crippen molar-refractivity contribution in [2.24, 2.45) is 5.73 Å². The minimum absolute atomic E-state index is 0.0193. The van der Waals surface area contributed by atoms with Gasteiger partial charge in [0, 0.05) is 19.1 Å². The highest BCUT2D eigenvalue weighted by atomic mass is 16.3. The lowest BCUT2D eigenvalue weighted by atomic mass is 10.0. The highest BCUT2D eigenvalue weighted by molar-refractivity contribution is 5.82. The molecule has 116 valence electrons. The summed E-state index contributed by atoms with van der Waals surface area (Å²) in [5.41, 5.74) is 7.06. The van der Waals surface area contributed by atoms with Crippen LogP contribution >= 0.6 is 0 Å². The van der Waals surface area contributed by atoms with E-state index < -0.39 is 6.04 Å². The second-order valence-corrected chi connectivity index (χ2v) is 5.97. The molecule has 1 heterocycles. The van der Waals surface area contributed by atoms with Crippen molar-refractivity contribution >= 4 is 5.91 Å². The molecule has 1 aromatic carbocycles. The third-order valence-corrected chi connectivity index (χ3v) is 4.04. The van der Waals surface area contributed by atoms with Crippen LogP contribution in [0, 0.1) is 0 Å². The molecule has 1 aliphatic rings. The molecule has 5 heteroatoms. The van der Waals surface area contributed by atoms with Gasteiger partial charge in [0.2, 0.25) is 5.91 Å². The number of nitrogens with zero attached hydrogens (tertiary/aromatic N) is 2. The number of phenols is 1. The van der Waals surface area contributed by atoms with Crippen LogP contribution in [0.15, 0.2) is 24.3 Å².